The fourth-order valence-electron chi connectivity index (χ4n) is 3.76. The average molecular weight is 522 g/mol. The van der Waals surface area contributed by atoms with Gasteiger partial charge in [-0.3, -0.25) is 9.89 Å². The van der Waals surface area contributed by atoms with Crippen molar-refractivity contribution >= 4 is 29.9 Å². The predicted molar refractivity (Wildman–Crippen MR) is 131 cm³/mol. The second kappa shape index (κ2) is 11.5. The second-order valence-corrected chi connectivity index (χ2v) is 7.56. The van der Waals surface area contributed by atoms with Crippen molar-refractivity contribution in [2.75, 3.05) is 39.9 Å². The van der Waals surface area contributed by atoms with Gasteiger partial charge in [0.2, 0.25) is 0 Å². The molecule has 6 nitrogen and oxygen atoms in total. The zero-order valence-corrected chi connectivity index (χ0v) is 19.8. The summed E-state index contributed by atoms with van der Waals surface area (Å²) in [5.74, 6) is 1.79. The van der Waals surface area contributed by atoms with Crippen LogP contribution in [-0.2, 0) is 24.2 Å². The maximum atomic E-state index is 5.98. The van der Waals surface area contributed by atoms with Crippen LogP contribution in [0.15, 0.2) is 53.5 Å². The molecule has 2 heterocycles. The summed E-state index contributed by atoms with van der Waals surface area (Å²) < 4.78 is 11.4. The minimum atomic E-state index is 0. The number of guanidine groups is 1. The number of nitrogens with one attached hydrogen (secondary N) is 2. The SMILES string of the molecule is CN=C(NCc1ccc(CN2CCOCC2)cc1)NCC1Cc2ccccc2O1.I. The smallest absolute Gasteiger partial charge is 0.191 e. The maximum absolute atomic E-state index is 5.98. The van der Waals surface area contributed by atoms with E-state index in [-0.39, 0.29) is 30.1 Å². The Hall–Kier alpha value is -1.84. The predicted octanol–water partition coefficient (Wildman–Crippen LogP) is 2.81. The van der Waals surface area contributed by atoms with Crippen molar-refractivity contribution in [2.24, 2.45) is 4.99 Å². The molecule has 2 aromatic carbocycles. The van der Waals surface area contributed by atoms with E-state index in [2.05, 4.69) is 56.9 Å². The fourth-order valence-corrected chi connectivity index (χ4v) is 3.76. The van der Waals surface area contributed by atoms with E-state index in [4.69, 9.17) is 9.47 Å². The summed E-state index contributed by atoms with van der Waals surface area (Å²) in [4.78, 5) is 6.76. The van der Waals surface area contributed by atoms with Crippen LogP contribution in [0.2, 0.25) is 0 Å². The number of para-hydroxylation sites is 1. The molecule has 162 valence electrons. The molecular formula is C23H31IN4O2. The summed E-state index contributed by atoms with van der Waals surface area (Å²) in [6.45, 7) is 6.17. The number of nitrogens with zero attached hydrogens (tertiary/aromatic N) is 2. The normalized spacial score (nSPS) is 18.8. The highest BCUT2D eigenvalue weighted by Crippen LogP contribution is 2.27. The highest BCUT2D eigenvalue weighted by molar-refractivity contribution is 14.0. The van der Waals surface area contributed by atoms with E-state index >= 15 is 0 Å². The number of hydrogen-bond acceptors (Lipinski definition) is 4. The summed E-state index contributed by atoms with van der Waals surface area (Å²) in [7, 11) is 1.80. The molecule has 2 N–H and O–H groups in total. The number of morpholine rings is 1. The molecule has 0 bridgehead atoms. The van der Waals surface area contributed by atoms with Gasteiger partial charge in [-0.15, -0.1) is 24.0 Å². The van der Waals surface area contributed by atoms with Crippen LogP contribution in [0.5, 0.6) is 5.75 Å². The van der Waals surface area contributed by atoms with Crippen LogP contribution < -0.4 is 15.4 Å². The fraction of sp³-hybridized carbons (Fsp3) is 0.435. The number of halogens is 1. The van der Waals surface area contributed by atoms with E-state index in [1.165, 1.54) is 16.7 Å². The minimum absolute atomic E-state index is 0. The molecule has 7 heteroatoms. The van der Waals surface area contributed by atoms with Crippen molar-refractivity contribution in [2.45, 2.75) is 25.6 Å². The molecule has 0 aliphatic carbocycles. The lowest BCUT2D eigenvalue weighted by molar-refractivity contribution is 0.0342. The molecule has 2 aliphatic rings. The van der Waals surface area contributed by atoms with E-state index in [0.717, 1.165) is 64.1 Å². The molecule has 1 saturated heterocycles. The number of hydrogen-bond donors (Lipinski definition) is 2. The van der Waals surface area contributed by atoms with Gasteiger partial charge in [0.25, 0.3) is 0 Å². The monoisotopic (exact) mass is 522 g/mol. The van der Waals surface area contributed by atoms with Crippen LogP contribution in [-0.4, -0.2) is 56.9 Å². The Bertz CT molecular complexity index is 797. The molecule has 1 fully saturated rings. The van der Waals surface area contributed by atoms with Gasteiger partial charge in [0.05, 0.1) is 19.8 Å². The van der Waals surface area contributed by atoms with Gasteiger partial charge < -0.3 is 20.1 Å². The Morgan fingerprint density at radius 2 is 1.77 bits per heavy atom. The quantitative estimate of drug-likeness (QED) is 0.347. The third-order valence-electron chi connectivity index (χ3n) is 5.43. The number of fused-ring (bicyclic) bond motifs is 1. The summed E-state index contributed by atoms with van der Waals surface area (Å²) >= 11 is 0. The van der Waals surface area contributed by atoms with Crippen molar-refractivity contribution < 1.29 is 9.47 Å². The van der Waals surface area contributed by atoms with Crippen molar-refractivity contribution in [1.82, 2.24) is 15.5 Å². The van der Waals surface area contributed by atoms with Crippen LogP contribution in [0.3, 0.4) is 0 Å². The molecule has 0 radical (unpaired) electrons. The topological polar surface area (TPSA) is 58.1 Å². The van der Waals surface area contributed by atoms with Gasteiger partial charge in [0, 0.05) is 39.6 Å². The van der Waals surface area contributed by atoms with Crippen LogP contribution in [0.4, 0.5) is 0 Å². The molecule has 1 unspecified atom stereocenters. The zero-order valence-electron chi connectivity index (χ0n) is 17.5. The Balaban J connectivity index is 0.00000256. The third-order valence-corrected chi connectivity index (χ3v) is 5.43. The number of rotatable bonds is 6. The van der Waals surface area contributed by atoms with Gasteiger partial charge >= 0.3 is 0 Å². The first-order valence-electron chi connectivity index (χ1n) is 10.4. The summed E-state index contributed by atoms with van der Waals surface area (Å²) in [6, 6.07) is 17.0. The Kier molecular flexibility index (Phi) is 8.77. The lowest BCUT2D eigenvalue weighted by atomic mass is 10.1. The molecule has 30 heavy (non-hydrogen) atoms. The molecule has 0 aromatic heterocycles. The highest BCUT2D eigenvalue weighted by atomic mass is 127. The van der Waals surface area contributed by atoms with Gasteiger partial charge in [-0.1, -0.05) is 42.5 Å². The molecular weight excluding hydrogens is 491 g/mol. The molecule has 0 saturated carbocycles. The van der Waals surface area contributed by atoms with Crippen molar-refractivity contribution in [3.8, 4) is 5.75 Å². The first kappa shape index (κ1) is 22.8. The molecule has 0 amide bonds. The maximum Gasteiger partial charge on any atom is 0.191 e. The lowest BCUT2D eigenvalue weighted by Crippen LogP contribution is -2.41. The van der Waals surface area contributed by atoms with Crippen LogP contribution in [0.25, 0.3) is 0 Å². The Morgan fingerprint density at radius 3 is 2.50 bits per heavy atom. The van der Waals surface area contributed by atoms with Gasteiger partial charge in [-0.25, -0.2) is 0 Å². The van der Waals surface area contributed by atoms with Gasteiger partial charge in [-0.05, 0) is 22.8 Å². The molecule has 1 atom stereocenters. The Morgan fingerprint density at radius 1 is 1.03 bits per heavy atom. The van der Waals surface area contributed by atoms with Crippen molar-refractivity contribution in [3.05, 3.63) is 65.2 Å². The second-order valence-electron chi connectivity index (χ2n) is 7.56. The molecule has 2 aromatic rings. The number of ether oxygens (including phenoxy) is 2. The summed E-state index contributed by atoms with van der Waals surface area (Å²) in [5.41, 5.74) is 3.86. The van der Waals surface area contributed by atoms with Crippen molar-refractivity contribution in [3.63, 3.8) is 0 Å². The van der Waals surface area contributed by atoms with Crippen LogP contribution in [0, 0.1) is 0 Å². The first-order valence-corrected chi connectivity index (χ1v) is 10.4. The summed E-state index contributed by atoms with van der Waals surface area (Å²) in [6.07, 6.45) is 1.08. The molecule has 4 rings (SSSR count). The largest absolute Gasteiger partial charge is 0.488 e. The summed E-state index contributed by atoms with van der Waals surface area (Å²) in [5, 5.41) is 6.77. The highest BCUT2D eigenvalue weighted by Gasteiger charge is 2.22. The van der Waals surface area contributed by atoms with E-state index in [9.17, 15) is 0 Å². The molecule has 2 aliphatic heterocycles. The van der Waals surface area contributed by atoms with E-state index < -0.39 is 0 Å². The van der Waals surface area contributed by atoms with Gasteiger partial charge in [0.1, 0.15) is 11.9 Å². The zero-order chi connectivity index (χ0) is 19.9. The van der Waals surface area contributed by atoms with Gasteiger partial charge in [0.15, 0.2) is 5.96 Å². The number of benzene rings is 2. The van der Waals surface area contributed by atoms with E-state index in [1.54, 1.807) is 7.05 Å². The first-order chi connectivity index (χ1) is 14.3. The Labute approximate surface area is 196 Å². The van der Waals surface area contributed by atoms with E-state index in [0.29, 0.717) is 0 Å². The average Bonchev–Trinajstić information content (AvgIpc) is 3.19. The van der Waals surface area contributed by atoms with Crippen LogP contribution >= 0.6 is 24.0 Å². The van der Waals surface area contributed by atoms with Gasteiger partial charge in [-0.2, -0.15) is 0 Å². The lowest BCUT2D eigenvalue weighted by Gasteiger charge is -2.26. The van der Waals surface area contributed by atoms with Crippen LogP contribution in [0.1, 0.15) is 16.7 Å². The van der Waals surface area contributed by atoms with E-state index in [1.807, 2.05) is 12.1 Å². The molecule has 0 spiro atoms. The minimum Gasteiger partial charge on any atom is -0.488 e. The third kappa shape index (κ3) is 6.33. The standard InChI is InChI=1S/C23H30N4O2.HI/c1-24-23(26-16-21-14-20-4-2-3-5-22(20)29-21)25-15-18-6-8-19(9-7-18)17-27-10-12-28-13-11-27;/h2-9,21H,10-17H2,1H3,(H2,24,25,26);1H. The van der Waals surface area contributed by atoms with Crippen molar-refractivity contribution in [1.29, 1.82) is 0 Å². The number of aliphatic imine (C=N–C) groups is 1.